The summed E-state index contributed by atoms with van der Waals surface area (Å²) in [5.74, 6) is 0. The molecule has 0 bridgehead atoms. The van der Waals surface area contributed by atoms with Crippen molar-refractivity contribution in [3.05, 3.63) is 176 Å². The van der Waals surface area contributed by atoms with E-state index in [9.17, 15) is 0 Å². The molecular formula is C46H29NO2. The van der Waals surface area contributed by atoms with E-state index in [-0.39, 0.29) is 0 Å². The Balaban J connectivity index is 1.12. The third kappa shape index (κ3) is 4.51. The highest BCUT2D eigenvalue weighted by Gasteiger charge is 2.18. The van der Waals surface area contributed by atoms with Crippen molar-refractivity contribution >= 4 is 71.7 Å². The zero-order valence-corrected chi connectivity index (χ0v) is 26.5. The predicted molar refractivity (Wildman–Crippen MR) is 204 cm³/mol. The average Bonchev–Trinajstić information content (AvgIpc) is 3.74. The molecule has 10 aromatic rings. The Labute approximate surface area is 282 Å². The minimum Gasteiger partial charge on any atom is -0.456 e. The van der Waals surface area contributed by atoms with E-state index in [1.807, 2.05) is 24.3 Å². The molecule has 0 saturated heterocycles. The molecule has 0 fully saturated rings. The molecule has 2 aromatic heterocycles. The van der Waals surface area contributed by atoms with E-state index in [4.69, 9.17) is 8.83 Å². The van der Waals surface area contributed by atoms with E-state index < -0.39 is 0 Å². The largest absolute Gasteiger partial charge is 0.456 e. The maximum absolute atomic E-state index is 6.49. The fourth-order valence-electron chi connectivity index (χ4n) is 7.32. The third-order valence-corrected chi connectivity index (χ3v) is 9.67. The van der Waals surface area contributed by atoms with Crippen LogP contribution in [0, 0.1) is 0 Å². The first kappa shape index (κ1) is 27.5. The SMILES string of the molecule is c1ccc(-c2ccc(N(c3ccc(-c4cccc5ccc6c7ccccc7oc6c45)cc3)c3ccc4oc5ccccc5c4c3)cc2)cc1. The minimum atomic E-state index is 0.882. The zero-order valence-electron chi connectivity index (χ0n) is 26.5. The van der Waals surface area contributed by atoms with Crippen molar-refractivity contribution in [2.45, 2.75) is 0 Å². The first-order valence-corrected chi connectivity index (χ1v) is 16.6. The van der Waals surface area contributed by atoms with Gasteiger partial charge < -0.3 is 13.7 Å². The Bertz CT molecular complexity index is 2810. The van der Waals surface area contributed by atoms with Gasteiger partial charge in [0, 0.05) is 44.0 Å². The van der Waals surface area contributed by atoms with Gasteiger partial charge in [-0.15, -0.1) is 0 Å². The predicted octanol–water partition coefficient (Wildman–Crippen LogP) is 13.4. The van der Waals surface area contributed by atoms with Gasteiger partial charge in [0.15, 0.2) is 0 Å². The molecule has 49 heavy (non-hydrogen) atoms. The zero-order chi connectivity index (χ0) is 32.3. The summed E-state index contributed by atoms with van der Waals surface area (Å²) >= 11 is 0. The molecule has 230 valence electrons. The molecule has 0 unspecified atom stereocenters. The van der Waals surface area contributed by atoms with Crippen LogP contribution in [0.1, 0.15) is 0 Å². The minimum absolute atomic E-state index is 0.882. The van der Waals surface area contributed by atoms with Gasteiger partial charge in [0.2, 0.25) is 0 Å². The van der Waals surface area contributed by atoms with E-state index in [1.165, 1.54) is 11.1 Å². The standard InChI is InChI=1S/C46H29NO2/c1-2-9-30(10-3-1)31-17-22-34(23-18-31)47(36-26-28-44-41(29-36)39-13-5-6-15-42(39)48-44)35-24-19-32(20-25-35)37-14-8-11-33-21-27-40-38-12-4-7-16-43(38)49-46(40)45(33)37/h1-29H. The lowest BCUT2D eigenvalue weighted by Crippen LogP contribution is -2.09. The van der Waals surface area contributed by atoms with E-state index in [0.717, 1.165) is 82.8 Å². The van der Waals surface area contributed by atoms with Crippen LogP contribution in [0.15, 0.2) is 185 Å². The Morgan fingerprint density at radius 1 is 0.347 bits per heavy atom. The maximum atomic E-state index is 6.49. The summed E-state index contributed by atoms with van der Waals surface area (Å²) in [7, 11) is 0. The lowest BCUT2D eigenvalue weighted by Gasteiger charge is -2.26. The van der Waals surface area contributed by atoms with Crippen LogP contribution in [0.5, 0.6) is 0 Å². The van der Waals surface area contributed by atoms with Crippen LogP contribution in [-0.4, -0.2) is 0 Å². The van der Waals surface area contributed by atoms with Crippen molar-refractivity contribution in [1.29, 1.82) is 0 Å². The van der Waals surface area contributed by atoms with E-state index in [0.29, 0.717) is 0 Å². The van der Waals surface area contributed by atoms with Gasteiger partial charge in [-0.2, -0.15) is 0 Å². The van der Waals surface area contributed by atoms with Crippen molar-refractivity contribution in [3.8, 4) is 22.3 Å². The van der Waals surface area contributed by atoms with Gasteiger partial charge in [0.05, 0.1) is 0 Å². The summed E-state index contributed by atoms with van der Waals surface area (Å²) in [6.45, 7) is 0. The van der Waals surface area contributed by atoms with Gasteiger partial charge in [-0.1, -0.05) is 115 Å². The molecule has 3 nitrogen and oxygen atoms in total. The number of fused-ring (bicyclic) bond motifs is 8. The Morgan fingerprint density at radius 2 is 0.939 bits per heavy atom. The second-order valence-electron chi connectivity index (χ2n) is 12.5. The summed E-state index contributed by atoms with van der Waals surface area (Å²) in [6, 6.07) is 62.1. The number of benzene rings is 8. The molecule has 3 heteroatoms. The summed E-state index contributed by atoms with van der Waals surface area (Å²) < 4.78 is 12.7. The highest BCUT2D eigenvalue weighted by Crippen LogP contribution is 2.42. The van der Waals surface area contributed by atoms with Gasteiger partial charge in [-0.05, 0) is 88.3 Å². The summed E-state index contributed by atoms with van der Waals surface area (Å²) in [6.07, 6.45) is 0. The molecule has 10 rings (SSSR count). The number of anilines is 3. The van der Waals surface area contributed by atoms with Crippen molar-refractivity contribution in [2.24, 2.45) is 0 Å². The van der Waals surface area contributed by atoms with Gasteiger partial charge in [-0.3, -0.25) is 0 Å². The summed E-state index contributed by atoms with van der Waals surface area (Å²) in [5, 5.41) is 6.78. The fraction of sp³-hybridized carbons (Fsp3) is 0. The molecular weight excluding hydrogens is 599 g/mol. The number of rotatable bonds is 5. The molecule has 0 atom stereocenters. The van der Waals surface area contributed by atoms with E-state index in [1.54, 1.807) is 0 Å². The first-order valence-electron chi connectivity index (χ1n) is 16.6. The summed E-state index contributed by atoms with van der Waals surface area (Å²) in [5.41, 5.74) is 11.5. The van der Waals surface area contributed by atoms with Crippen LogP contribution in [0.2, 0.25) is 0 Å². The van der Waals surface area contributed by atoms with E-state index in [2.05, 4.69) is 157 Å². The average molecular weight is 628 g/mol. The van der Waals surface area contributed by atoms with Crippen molar-refractivity contribution < 1.29 is 8.83 Å². The van der Waals surface area contributed by atoms with Crippen LogP contribution in [0.4, 0.5) is 17.1 Å². The van der Waals surface area contributed by atoms with Gasteiger partial charge >= 0.3 is 0 Å². The van der Waals surface area contributed by atoms with Gasteiger partial charge in [0.25, 0.3) is 0 Å². The Kier molecular flexibility index (Phi) is 6.18. The topological polar surface area (TPSA) is 29.5 Å². The second kappa shape index (κ2) is 11.0. The van der Waals surface area contributed by atoms with Crippen LogP contribution < -0.4 is 4.90 Å². The first-order chi connectivity index (χ1) is 24.3. The van der Waals surface area contributed by atoms with Crippen LogP contribution in [0.25, 0.3) is 76.9 Å². The number of furan rings is 2. The Hall–Kier alpha value is -6.58. The smallest absolute Gasteiger partial charge is 0.143 e. The number of hydrogen-bond donors (Lipinski definition) is 0. The molecule has 0 radical (unpaired) electrons. The lowest BCUT2D eigenvalue weighted by atomic mass is 9.96. The van der Waals surface area contributed by atoms with Crippen molar-refractivity contribution in [3.63, 3.8) is 0 Å². The molecule has 0 aliphatic heterocycles. The van der Waals surface area contributed by atoms with Crippen molar-refractivity contribution in [2.75, 3.05) is 4.90 Å². The molecule has 2 heterocycles. The molecule has 0 amide bonds. The molecule has 0 spiro atoms. The van der Waals surface area contributed by atoms with Gasteiger partial charge in [-0.25, -0.2) is 0 Å². The Morgan fingerprint density at radius 3 is 1.69 bits per heavy atom. The highest BCUT2D eigenvalue weighted by molar-refractivity contribution is 6.19. The number of hydrogen-bond acceptors (Lipinski definition) is 3. The van der Waals surface area contributed by atoms with Crippen molar-refractivity contribution in [1.82, 2.24) is 0 Å². The monoisotopic (exact) mass is 627 g/mol. The fourth-order valence-corrected chi connectivity index (χ4v) is 7.32. The van der Waals surface area contributed by atoms with Gasteiger partial charge in [0.1, 0.15) is 22.3 Å². The second-order valence-corrected chi connectivity index (χ2v) is 12.5. The van der Waals surface area contributed by atoms with E-state index >= 15 is 0 Å². The van der Waals surface area contributed by atoms with Crippen LogP contribution in [-0.2, 0) is 0 Å². The quantitative estimate of drug-likeness (QED) is 0.190. The molecule has 0 aliphatic rings. The normalized spacial score (nSPS) is 11.7. The highest BCUT2D eigenvalue weighted by atomic mass is 16.3. The molecule has 0 aliphatic carbocycles. The maximum Gasteiger partial charge on any atom is 0.143 e. The lowest BCUT2D eigenvalue weighted by molar-refractivity contribution is 0.669. The molecule has 8 aromatic carbocycles. The van der Waals surface area contributed by atoms with Crippen LogP contribution in [0.3, 0.4) is 0 Å². The van der Waals surface area contributed by atoms with Crippen LogP contribution >= 0.6 is 0 Å². The summed E-state index contributed by atoms with van der Waals surface area (Å²) in [4.78, 5) is 2.32. The molecule has 0 N–H and O–H groups in total. The molecule has 0 saturated carbocycles. The number of para-hydroxylation sites is 2. The number of nitrogens with zero attached hydrogens (tertiary/aromatic N) is 1. The third-order valence-electron chi connectivity index (χ3n) is 9.67.